The Balaban J connectivity index is 1.06. The lowest BCUT2D eigenvalue weighted by molar-refractivity contribution is -0.137. The third-order valence-corrected chi connectivity index (χ3v) is 7.24. The number of benzene rings is 2. The van der Waals surface area contributed by atoms with E-state index in [1.165, 1.54) is 12.1 Å². The highest BCUT2D eigenvalue weighted by atomic mass is 32.1. The van der Waals surface area contributed by atoms with Crippen LogP contribution in [0.25, 0.3) is 21.5 Å². The summed E-state index contributed by atoms with van der Waals surface area (Å²) in [6.07, 6.45) is -4.98. The van der Waals surface area contributed by atoms with Crippen molar-refractivity contribution in [3.05, 3.63) is 64.8 Å². The van der Waals surface area contributed by atoms with Crippen molar-refractivity contribution in [3.63, 3.8) is 0 Å². The molecule has 1 atom stereocenters. The van der Waals surface area contributed by atoms with Crippen molar-refractivity contribution in [2.45, 2.75) is 25.7 Å². The van der Waals surface area contributed by atoms with Gasteiger partial charge in [-0.1, -0.05) is 17.3 Å². The maximum Gasteiger partial charge on any atom is 0.416 e. The molecule has 0 unspecified atom stereocenters. The fraction of sp³-hybridized carbons (Fsp3) is 0.385. The number of ether oxygens (including phenoxy) is 1. The summed E-state index contributed by atoms with van der Waals surface area (Å²) in [4.78, 5) is 8.91. The molecular weight excluding hydrogens is 505 g/mol. The average Bonchev–Trinajstić information content (AvgIpc) is 3.49. The highest BCUT2D eigenvalue weighted by Crippen LogP contribution is 2.31. The van der Waals surface area contributed by atoms with E-state index in [4.69, 9.17) is 9.26 Å². The zero-order valence-corrected chi connectivity index (χ0v) is 21.1. The van der Waals surface area contributed by atoms with Crippen LogP contribution in [-0.4, -0.2) is 70.5 Å². The number of fused-ring (bicyclic) bond motifs is 1. The molecule has 5 rings (SSSR count). The normalized spacial score (nSPS) is 16.4. The number of thiazole rings is 1. The Labute approximate surface area is 216 Å². The maximum atomic E-state index is 12.8. The van der Waals surface area contributed by atoms with Gasteiger partial charge in [-0.05, 0) is 31.2 Å². The summed E-state index contributed by atoms with van der Waals surface area (Å²) < 4.78 is 50.6. The summed E-state index contributed by atoms with van der Waals surface area (Å²) in [5.74, 6) is 1.14. The van der Waals surface area contributed by atoms with Crippen molar-refractivity contribution in [1.29, 1.82) is 0 Å². The molecule has 2 aromatic carbocycles. The molecule has 1 aliphatic rings. The molecule has 0 amide bonds. The molecule has 4 aromatic rings. The Morgan fingerprint density at radius 3 is 2.51 bits per heavy atom. The number of piperazine rings is 1. The van der Waals surface area contributed by atoms with Crippen LogP contribution in [0.2, 0.25) is 0 Å². The van der Waals surface area contributed by atoms with Gasteiger partial charge in [-0.2, -0.15) is 13.2 Å². The zero-order valence-electron chi connectivity index (χ0n) is 20.2. The minimum absolute atomic E-state index is 0.209. The first-order chi connectivity index (χ1) is 17.7. The highest BCUT2D eigenvalue weighted by molar-refractivity contribution is 7.18. The number of aliphatic hydroxyl groups is 1. The Morgan fingerprint density at radius 2 is 1.78 bits per heavy atom. The number of aliphatic hydroxyl groups excluding tert-OH is 1. The van der Waals surface area contributed by atoms with E-state index in [0.717, 1.165) is 59.2 Å². The van der Waals surface area contributed by atoms with Gasteiger partial charge < -0.3 is 14.4 Å². The predicted molar refractivity (Wildman–Crippen MR) is 135 cm³/mol. The van der Waals surface area contributed by atoms with Crippen LogP contribution >= 0.6 is 11.3 Å². The van der Waals surface area contributed by atoms with E-state index in [2.05, 4.69) is 19.9 Å². The van der Waals surface area contributed by atoms with Crippen molar-refractivity contribution < 1.29 is 27.5 Å². The van der Waals surface area contributed by atoms with Gasteiger partial charge in [0.25, 0.3) is 0 Å². The predicted octanol–water partition coefficient (Wildman–Crippen LogP) is 4.84. The molecule has 1 N–H and O–H groups in total. The number of β-amino-alcohol motifs (C(OH)–C–C–N with tert-alkyl or cyclic N) is 1. The molecular formula is C26H27F3N4O3S. The van der Waals surface area contributed by atoms with E-state index < -0.39 is 17.8 Å². The van der Waals surface area contributed by atoms with Crippen LogP contribution in [0.4, 0.5) is 13.2 Å². The Morgan fingerprint density at radius 1 is 1.05 bits per heavy atom. The minimum atomic E-state index is -4.37. The molecule has 0 aliphatic carbocycles. The first-order valence-electron chi connectivity index (χ1n) is 12.0. The summed E-state index contributed by atoms with van der Waals surface area (Å²) in [5.41, 5.74) is 1.49. The molecule has 3 heterocycles. The average molecular weight is 533 g/mol. The monoisotopic (exact) mass is 532 g/mol. The molecule has 0 spiro atoms. The summed E-state index contributed by atoms with van der Waals surface area (Å²) in [5, 5.41) is 15.6. The molecule has 0 bridgehead atoms. The zero-order chi connectivity index (χ0) is 26.0. The molecule has 1 fully saturated rings. The van der Waals surface area contributed by atoms with Crippen molar-refractivity contribution in [3.8, 4) is 17.1 Å². The van der Waals surface area contributed by atoms with E-state index in [-0.39, 0.29) is 6.61 Å². The van der Waals surface area contributed by atoms with Gasteiger partial charge in [-0.3, -0.25) is 9.80 Å². The lowest BCUT2D eigenvalue weighted by Crippen LogP contribution is -2.48. The number of alkyl halides is 3. The maximum absolute atomic E-state index is 12.8. The van der Waals surface area contributed by atoms with E-state index >= 15 is 0 Å². The largest absolute Gasteiger partial charge is 0.491 e. The van der Waals surface area contributed by atoms with Gasteiger partial charge >= 0.3 is 6.18 Å². The van der Waals surface area contributed by atoms with Crippen LogP contribution in [0, 0.1) is 6.92 Å². The van der Waals surface area contributed by atoms with Gasteiger partial charge in [-0.15, -0.1) is 11.3 Å². The van der Waals surface area contributed by atoms with Gasteiger partial charge in [0.15, 0.2) is 5.76 Å². The van der Waals surface area contributed by atoms with Crippen LogP contribution in [0.15, 0.2) is 53.1 Å². The van der Waals surface area contributed by atoms with Gasteiger partial charge in [0.1, 0.15) is 18.5 Å². The first kappa shape index (κ1) is 25.7. The molecule has 37 heavy (non-hydrogen) atoms. The third kappa shape index (κ3) is 6.48. The summed E-state index contributed by atoms with van der Waals surface area (Å²) in [6, 6.07) is 12.4. The highest BCUT2D eigenvalue weighted by Gasteiger charge is 2.30. The number of aromatic nitrogens is 2. The van der Waals surface area contributed by atoms with E-state index in [1.807, 2.05) is 25.1 Å². The fourth-order valence-corrected chi connectivity index (χ4v) is 5.17. The Bertz CT molecular complexity index is 1330. The first-order valence-corrected chi connectivity index (χ1v) is 12.8. The van der Waals surface area contributed by atoms with E-state index in [0.29, 0.717) is 30.2 Å². The summed E-state index contributed by atoms with van der Waals surface area (Å²) >= 11 is 1.64. The van der Waals surface area contributed by atoms with Crippen molar-refractivity contribution in [2.75, 3.05) is 39.3 Å². The third-order valence-electron chi connectivity index (χ3n) is 6.28. The second-order valence-electron chi connectivity index (χ2n) is 9.16. The van der Waals surface area contributed by atoms with Gasteiger partial charge in [0.05, 0.1) is 26.5 Å². The standard InChI is InChI=1S/C26H27F3N4O3S/c1-17-30-23-13-22(6-7-25(23)37-17)35-16-21(34)15-33-10-8-32(9-11-33)14-20-12-24(36-31-20)18-2-4-19(5-3-18)26(27,28)29/h2-7,12-13,21,34H,8-11,14-16H2,1H3/t21-/m1/s1. The lowest BCUT2D eigenvalue weighted by Gasteiger charge is -2.35. The van der Waals surface area contributed by atoms with Gasteiger partial charge in [0, 0.05) is 57.0 Å². The van der Waals surface area contributed by atoms with Crippen molar-refractivity contribution in [2.24, 2.45) is 0 Å². The quantitative estimate of drug-likeness (QED) is 0.348. The van der Waals surface area contributed by atoms with Crippen molar-refractivity contribution in [1.82, 2.24) is 19.9 Å². The van der Waals surface area contributed by atoms with Crippen LogP contribution in [0.5, 0.6) is 5.75 Å². The minimum Gasteiger partial charge on any atom is -0.491 e. The molecule has 1 saturated heterocycles. The molecule has 2 aromatic heterocycles. The molecule has 1 aliphatic heterocycles. The van der Waals surface area contributed by atoms with Gasteiger partial charge in [-0.25, -0.2) is 4.98 Å². The van der Waals surface area contributed by atoms with Gasteiger partial charge in [0.2, 0.25) is 0 Å². The SMILES string of the molecule is Cc1nc2cc(OC[C@H](O)CN3CCN(Cc4cc(-c5ccc(C(F)(F)F)cc5)on4)CC3)ccc2s1. The molecule has 7 nitrogen and oxygen atoms in total. The van der Waals surface area contributed by atoms with Crippen LogP contribution in [0.3, 0.4) is 0 Å². The molecule has 196 valence electrons. The smallest absolute Gasteiger partial charge is 0.416 e. The second kappa shape index (κ2) is 10.8. The van der Waals surface area contributed by atoms with E-state index in [9.17, 15) is 18.3 Å². The second-order valence-corrected chi connectivity index (χ2v) is 10.4. The van der Waals surface area contributed by atoms with Crippen LogP contribution in [0.1, 0.15) is 16.3 Å². The Kier molecular flexibility index (Phi) is 7.47. The Hall–Kier alpha value is -2.99. The van der Waals surface area contributed by atoms with Crippen LogP contribution in [-0.2, 0) is 12.7 Å². The number of rotatable bonds is 8. The molecule has 0 radical (unpaired) electrons. The molecule has 0 saturated carbocycles. The number of hydrogen-bond acceptors (Lipinski definition) is 8. The van der Waals surface area contributed by atoms with E-state index in [1.54, 1.807) is 17.4 Å². The number of nitrogens with zero attached hydrogens (tertiary/aromatic N) is 4. The van der Waals surface area contributed by atoms with Crippen molar-refractivity contribution >= 4 is 21.6 Å². The van der Waals surface area contributed by atoms with Crippen LogP contribution < -0.4 is 4.74 Å². The number of aryl methyl sites for hydroxylation is 1. The topological polar surface area (TPSA) is 74.9 Å². The fourth-order valence-electron chi connectivity index (χ4n) is 4.36. The summed E-state index contributed by atoms with van der Waals surface area (Å²) in [6.45, 7) is 6.49. The summed E-state index contributed by atoms with van der Waals surface area (Å²) in [7, 11) is 0. The lowest BCUT2D eigenvalue weighted by atomic mass is 10.1. The molecule has 11 heteroatoms. The number of hydrogen-bond donors (Lipinski definition) is 1. The number of halogens is 3.